The van der Waals surface area contributed by atoms with Crippen LogP contribution < -0.4 is 0 Å². The summed E-state index contributed by atoms with van der Waals surface area (Å²) in [5, 5.41) is 1.49. The molecule has 3 heterocycles. The number of pyridine rings is 1. The molecule has 0 unspecified atom stereocenters. The van der Waals surface area contributed by atoms with Gasteiger partial charge in [-0.2, -0.15) is 0 Å². The monoisotopic (exact) mass is 473 g/mol. The normalized spacial score (nSPS) is 11.6. The summed E-state index contributed by atoms with van der Waals surface area (Å²) in [7, 11) is 0. The molecule has 0 spiro atoms. The highest BCUT2D eigenvalue weighted by Gasteiger charge is 2.21. The Labute approximate surface area is 204 Å². The number of aromatic nitrogens is 3. The third-order valence-electron chi connectivity index (χ3n) is 6.39. The first kappa shape index (κ1) is 20.5. The molecule has 0 radical (unpaired) electrons. The summed E-state index contributed by atoms with van der Waals surface area (Å²) in [5.74, 6) is -0.550. The van der Waals surface area contributed by atoms with Gasteiger partial charge in [-0.15, -0.1) is 0 Å². The quantitative estimate of drug-likeness (QED) is 0.262. The van der Waals surface area contributed by atoms with Crippen LogP contribution in [0, 0.1) is 11.6 Å². The van der Waals surface area contributed by atoms with Gasteiger partial charge >= 0.3 is 0 Å². The molecule has 0 aliphatic rings. The number of furan rings is 1. The van der Waals surface area contributed by atoms with E-state index < -0.39 is 11.6 Å². The van der Waals surface area contributed by atoms with Gasteiger partial charge in [0.15, 0.2) is 0 Å². The minimum Gasteiger partial charge on any atom is -0.437 e. The minimum absolute atomic E-state index is 0.391. The van der Waals surface area contributed by atoms with Crippen molar-refractivity contribution in [1.29, 1.82) is 0 Å². The van der Waals surface area contributed by atoms with Gasteiger partial charge in [-0.3, -0.25) is 4.57 Å². The Balaban J connectivity index is 1.55. The Kier molecular flexibility index (Phi) is 4.48. The molecular formula is C30H17F2N3O. The van der Waals surface area contributed by atoms with Crippen molar-refractivity contribution < 1.29 is 13.2 Å². The Morgan fingerprint density at radius 1 is 0.722 bits per heavy atom. The first-order valence-electron chi connectivity index (χ1n) is 11.5. The summed E-state index contributed by atoms with van der Waals surface area (Å²) in [6.45, 7) is 0. The second kappa shape index (κ2) is 7.85. The summed E-state index contributed by atoms with van der Waals surface area (Å²) >= 11 is 0. The van der Waals surface area contributed by atoms with Gasteiger partial charge in [-0.05, 0) is 59.7 Å². The van der Waals surface area contributed by atoms with Gasteiger partial charge in [-0.25, -0.2) is 18.7 Å². The van der Waals surface area contributed by atoms with Crippen LogP contribution in [-0.2, 0) is 0 Å². The van der Waals surface area contributed by atoms with E-state index in [-0.39, 0.29) is 0 Å². The molecule has 0 bridgehead atoms. The molecular weight excluding hydrogens is 456 g/mol. The largest absolute Gasteiger partial charge is 0.437 e. The average Bonchev–Trinajstić information content (AvgIpc) is 3.47. The van der Waals surface area contributed by atoms with Crippen LogP contribution in [0.3, 0.4) is 0 Å². The highest BCUT2D eigenvalue weighted by Crippen LogP contribution is 2.40. The van der Waals surface area contributed by atoms with Crippen molar-refractivity contribution in [2.24, 2.45) is 0 Å². The number of para-hydroxylation sites is 4. The Bertz CT molecular complexity index is 1900. The van der Waals surface area contributed by atoms with E-state index in [0.29, 0.717) is 27.8 Å². The van der Waals surface area contributed by atoms with Crippen molar-refractivity contribution in [2.45, 2.75) is 0 Å². The Hall–Kier alpha value is -4.84. The number of hydrogen-bond donors (Lipinski definition) is 0. The predicted octanol–water partition coefficient (Wildman–Crippen LogP) is 7.93. The third-order valence-corrected chi connectivity index (χ3v) is 6.39. The molecule has 0 aliphatic carbocycles. The standard InChI is InChI=1S/C30H17F2N3O/c31-19-15-18(16-20(32)17-19)22-13-14-33-30-27(22)23-9-6-10-24(28(23)36-30)29-34-25-11-4-5-12-26(25)35(29)21-7-2-1-3-8-21/h1-17H. The number of benzene rings is 4. The highest BCUT2D eigenvalue weighted by atomic mass is 19.1. The smallest absolute Gasteiger partial charge is 0.227 e. The second-order valence-electron chi connectivity index (χ2n) is 8.58. The lowest BCUT2D eigenvalue weighted by Gasteiger charge is -2.10. The van der Waals surface area contributed by atoms with Crippen molar-refractivity contribution in [2.75, 3.05) is 0 Å². The van der Waals surface area contributed by atoms with Crippen molar-refractivity contribution in [1.82, 2.24) is 14.5 Å². The maximum absolute atomic E-state index is 14.1. The van der Waals surface area contributed by atoms with Gasteiger partial charge in [-0.1, -0.05) is 42.5 Å². The van der Waals surface area contributed by atoms with E-state index in [1.165, 1.54) is 12.1 Å². The summed E-state index contributed by atoms with van der Waals surface area (Å²) in [6.07, 6.45) is 1.59. The zero-order chi connectivity index (χ0) is 24.2. The van der Waals surface area contributed by atoms with Crippen LogP contribution in [0.5, 0.6) is 0 Å². The molecule has 172 valence electrons. The highest BCUT2D eigenvalue weighted by molar-refractivity contribution is 6.14. The van der Waals surface area contributed by atoms with E-state index in [0.717, 1.165) is 39.6 Å². The topological polar surface area (TPSA) is 43.9 Å². The molecule has 6 heteroatoms. The lowest BCUT2D eigenvalue weighted by molar-refractivity contribution is 0.584. The molecule has 3 aromatic heterocycles. The molecule has 36 heavy (non-hydrogen) atoms. The minimum atomic E-state index is -0.639. The fraction of sp³-hybridized carbons (Fsp3) is 0. The van der Waals surface area contributed by atoms with Crippen LogP contribution in [0.2, 0.25) is 0 Å². The molecule has 7 rings (SSSR count). The maximum atomic E-state index is 14.1. The summed E-state index contributed by atoms with van der Waals surface area (Å²) in [6, 6.07) is 29.1. The second-order valence-corrected chi connectivity index (χ2v) is 8.58. The van der Waals surface area contributed by atoms with Crippen LogP contribution in [0.25, 0.3) is 61.3 Å². The number of rotatable bonds is 3. The van der Waals surface area contributed by atoms with E-state index in [1.54, 1.807) is 12.3 Å². The summed E-state index contributed by atoms with van der Waals surface area (Å²) < 4.78 is 36.5. The molecule has 0 amide bonds. The van der Waals surface area contributed by atoms with Crippen LogP contribution in [0.15, 0.2) is 108 Å². The molecule has 4 nitrogen and oxygen atoms in total. The van der Waals surface area contributed by atoms with Gasteiger partial charge in [0.05, 0.1) is 22.0 Å². The SMILES string of the molecule is Fc1cc(F)cc(-c2ccnc3oc4c(-c5nc6ccccc6n5-c5ccccc5)cccc4c23)c1. The molecule has 4 aromatic carbocycles. The van der Waals surface area contributed by atoms with E-state index in [4.69, 9.17) is 9.40 Å². The van der Waals surface area contributed by atoms with E-state index in [2.05, 4.69) is 9.55 Å². The Morgan fingerprint density at radius 3 is 2.33 bits per heavy atom. The van der Waals surface area contributed by atoms with Crippen LogP contribution >= 0.6 is 0 Å². The average molecular weight is 473 g/mol. The van der Waals surface area contributed by atoms with Gasteiger partial charge in [0, 0.05) is 23.3 Å². The molecule has 7 aromatic rings. The first-order valence-corrected chi connectivity index (χ1v) is 11.5. The molecule has 0 atom stereocenters. The van der Waals surface area contributed by atoms with Gasteiger partial charge in [0.1, 0.15) is 23.0 Å². The lowest BCUT2D eigenvalue weighted by Crippen LogP contribution is -1.97. The summed E-state index contributed by atoms with van der Waals surface area (Å²) in [4.78, 5) is 9.39. The molecule has 0 saturated heterocycles. The van der Waals surface area contributed by atoms with E-state index >= 15 is 0 Å². The zero-order valence-corrected chi connectivity index (χ0v) is 18.8. The van der Waals surface area contributed by atoms with Crippen molar-refractivity contribution in [3.8, 4) is 28.2 Å². The van der Waals surface area contributed by atoms with Crippen LogP contribution in [0.4, 0.5) is 8.78 Å². The van der Waals surface area contributed by atoms with Crippen molar-refractivity contribution in [3.05, 3.63) is 115 Å². The van der Waals surface area contributed by atoms with E-state index in [9.17, 15) is 8.78 Å². The number of imidazole rings is 1. The first-order chi connectivity index (χ1) is 17.7. The molecule has 0 saturated carbocycles. The molecule has 0 fully saturated rings. The fourth-order valence-electron chi connectivity index (χ4n) is 4.89. The molecule has 0 aliphatic heterocycles. The van der Waals surface area contributed by atoms with Gasteiger partial charge in [0.25, 0.3) is 0 Å². The molecule has 0 N–H and O–H groups in total. The number of halogens is 2. The third kappa shape index (κ3) is 3.11. The van der Waals surface area contributed by atoms with Crippen LogP contribution in [-0.4, -0.2) is 14.5 Å². The number of fused-ring (bicyclic) bond motifs is 4. The van der Waals surface area contributed by atoms with Gasteiger partial charge < -0.3 is 4.42 Å². The van der Waals surface area contributed by atoms with Crippen LogP contribution in [0.1, 0.15) is 0 Å². The number of hydrogen-bond acceptors (Lipinski definition) is 3. The Morgan fingerprint density at radius 2 is 1.50 bits per heavy atom. The lowest BCUT2D eigenvalue weighted by atomic mass is 10.00. The maximum Gasteiger partial charge on any atom is 0.227 e. The van der Waals surface area contributed by atoms with Crippen molar-refractivity contribution >= 4 is 33.1 Å². The van der Waals surface area contributed by atoms with Crippen molar-refractivity contribution in [3.63, 3.8) is 0 Å². The van der Waals surface area contributed by atoms with E-state index in [1.807, 2.05) is 72.8 Å². The fourth-order valence-corrected chi connectivity index (χ4v) is 4.89. The zero-order valence-electron chi connectivity index (χ0n) is 18.8. The summed E-state index contributed by atoms with van der Waals surface area (Å²) in [5.41, 5.74) is 5.67. The number of nitrogens with zero attached hydrogens (tertiary/aromatic N) is 3. The van der Waals surface area contributed by atoms with Gasteiger partial charge in [0.2, 0.25) is 5.71 Å². The predicted molar refractivity (Wildman–Crippen MR) is 137 cm³/mol.